The highest BCUT2D eigenvalue weighted by molar-refractivity contribution is 5.31. The number of rotatable bonds is 6. The first-order valence-electron chi connectivity index (χ1n) is 7.23. The van der Waals surface area contributed by atoms with Gasteiger partial charge in [-0.05, 0) is 38.9 Å². The summed E-state index contributed by atoms with van der Waals surface area (Å²) >= 11 is 0. The Kier molecular flexibility index (Phi) is 4.84. The smallest absolute Gasteiger partial charge is 0.0764 e. The molecule has 0 fully saturated rings. The van der Waals surface area contributed by atoms with Crippen LogP contribution in [0.15, 0.2) is 18.3 Å². The van der Waals surface area contributed by atoms with Gasteiger partial charge in [-0.3, -0.25) is 4.68 Å². The van der Waals surface area contributed by atoms with Gasteiger partial charge in [0.25, 0.3) is 0 Å². The van der Waals surface area contributed by atoms with Gasteiger partial charge in [0.15, 0.2) is 0 Å². The fraction of sp³-hybridized carbons (Fsp3) is 0.533. The fourth-order valence-electron chi connectivity index (χ4n) is 2.51. The third-order valence-corrected chi connectivity index (χ3v) is 3.44. The highest BCUT2D eigenvalue weighted by atomic mass is 15.3. The van der Waals surface area contributed by atoms with Gasteiger partial charge < -0.3 is 5.32 Å². The number of nitrogens with zero attached hydrogens (tertiary/aromatic N) is 4. The maximum Gasteiger partial charge on any atom is 0.0764 e. The minimum absolute atomic E-state index is 0.105. The summed E-state index contributed by atoms with van der Waals surface area (Å²) in [6.07, 6.45) is 3.81. The van der Waals surface area contributed by atoms with Gasteiger partial charge in [-0.2, -0.15) is 15.3 Å². The van der Waals surface area contributed by atoms with E-state index in [9.17, 15) is 0 Å². The first kappa shape index (κ1) is 14.7. The zero-order chi connectivity index (χ0) is 14.5. The molecule has 5 heteroatoms. The topological polar surface area (TPSA) is 55.6 Å². The van der Waals surface area contributed by atoms with E-state index in [2.05, 4.69) is 51.3 Å². The predicted octanol–water partition coefficient (Wildman–Crippen LogP) is 2.26. The Bertz CT molecular complexity index is 561. The van der Waals surface area contributed by atoms with E-state index in [0.29, 0.717) is 0 Å². The van der Waals surface area contributed by atoms with Crippen LogP contribution in [0.25, 0.3) is 0 Å². The summed E-state index contributed by atoms with van der Waals surface area (Å²) in [5.41, 5.74) is 4.36. The second kappa shape index (κ2) is 6.61. The van der Waals surface area contributed by atoms with Gasteiger partial charge in [0.1, 0.15) is 0 Å². The average Bonchev–Trinajstić information content (AvgIpc) is 2.89. The van der Waals surface area contributed by atoms with Crippen molar-refractivity contribution in [3.8, 4) is 0 Å². The molecule has 5 nitrogen and oxygen atoms in total. The molecule has 2 rings (SSSR count). The summed E-state index contributed by atoms with van der Waals surface area (Å²) in [7, 11) is 1.98. The summed E-state index contributed by atoms with van der Waals surface area (Å²) < 4.78 is 2.07. The van der Waals surface area contributed by atoms with Crippen LogP contribution in [0.2, 0.25) is 0 Å². The molecule has 1 unspecified atom stereocenters. The average molecular weight is 273 g/mol. The van der Waals surface area contributed by atoms with E-state index < -0.39 is 0 Å². The molecule has 0 aliphatic heterocycles. The van der Waals surface area contributed by atoms with Crippen molar-refractivity contribution in [2.75, 3.05) is 7.05 Å². The molecule has 1 N–H and O–H groups in total. The molecule has 0 bridgehead atoms. The van der Waals surface area contributed by atoms with Crippen molar-refractivity contribution >= 4 is 0 Å². The second-order valence-electron chi connectivity index (χ2n) is 4.94. The van der Waals surface area contributed by atoms with Crippen molar-refractivity contribution in [3.63, 3.8) is 0 Å². The number of hydrogen-bond donors (Lipinski definition) is 1. The van der Waals surface area contributed by atoms with E-state index in [4.69, 9.17) is 0 Å². The lowest BCUT2D eigenvalue weighted by Gasteiger charge is -2.20. The Morgan fingerprint density at radius 2 is 2.10 bits per heavy atom. The minimum Gasteiger partial charge on any atom is -0.308 e. The number of nitrogens with one attached hydrogen (secondary N) is 1. The van der Waals surface area contributed by atoms with Gasteiger partial charge in [-0.1, -0.05) is 13.8 Å². The second-order valence-corrected chi connectivity index (χ2v) is 4.94. The highest BCUT2D eigenvalue weighted by Gasteiger charge is 2.20. The van der Waals surface area contributed by atoms with E-state index in [0.717, 1.165) is 30.8 Å². The maximum absolute atomic E-state index is 4.42. The van der Waals surface area contributed by atoms with Crippen molar-refractivity contribution < 1.29 is 0 Å². The molecular weight excluding hydrogens is 250 g/mol. The van der Waals surface area contributed by atoms with Crippen LogP contribution in [0.3, 0.4) is 0 Å². The van der Waals surface area contributed by atoms with Crippen LogP contribution in [-0.2, 0) is 13.0 Å². The monoisotopic (exact) mass is 273 g/mol. The van der Waals surface area contributed by atoms with E-state index in [1.165, 1.54) is 11.3 Å². The summed E-state index contributed by atoms with van der Waals surface area (Å²) in [6.45, 7) is 7.18. The van der Waals surface area contributed by atoms with Crippen molar-refractivity contribution in [2.45, 2.75) is 46.2 Å². The molecule has 2 aromatic heterocycles. The van der Waals surface area contributed by atoms with Crippen LogP contribution in [0.5, 0.6) is 0 Å². The van der Waals surface area contributed by atoms with E-state index in [-0.39, 0.29) is 6.04 Å². The molecule has 2 aromatic rings. The molecule has 0 spiro atoms. The largest absolute Gasteiger partial charge is 0.308 e. The lowest BCUT2D eigenvalue weighted by molar-refractivity contribution is 0.531. The molecule has 0 aromatic carbocycles. The van der Waals surface area contributed by atoms with Gasteiger partial charge in [-0.15, -0.1) is 0 Å². The Morgan fingerprint density at radius 3 is 2.75 bits per heavy atom. The zero-order valence-corrected chi connectivity index (χ0v) is 12.7. The van der Waals surface area contributed by atoms with Crippen molar-refractivity contribution in [1.82, 2.24) is 25.3 Å². The molecule has 108 valence electrons. The Balaban J connectivity index is 2.46. The van der Waals surface area contributed by atoms with Gasteiger partial charge >= 0.3 is 0 Å². The molecule has 0 radical (unpaired) electrons. The van der Waals surface area contributed by atoms with Gasteiger partial charge in [-0.25, -0.2) is 0 Å². The molecule has 0 amide bonds. The number of hydrogen-bond acceptors (Lipinski definition) is 4. The Morgan fingerprint density at radius 1 is 1.30 bits per heavy atom. The predicted molar refractivity (Wildman–Crippen MR) is 79.6 cm³/mol. The van der Waals surface area contributed by atoms with Crippen LogP contribution >= 0.6 is 0 Å². The summed E-state index contributed by atoms with van der Waals surface area (Å²) in [4.78, 5) is 0. The molecule has 20 heavy (non-hydrogen) atoms. The van der Waals surface area contributed by atoms with Crippen LogP contribution in [-0.4, -0.2) is 27.0 Å². The zero-order valence-electron chi connectivity index (χ0n) is 12.7. The van der Waals surface area contributed by atoms with Crippen molar-refractivity contribution in [1.29, 1.82) is 0 Å². The van der Waals surface area contributed by atoms with Gasteiger partial charge in [0, 0.05) is 18.3 Å². The van der Waals surface area contributed by atoms with E-state index in [1.807, 2.05) is 20.2 Å². The highest BCUT2D eigenvalue weighted by Crippen LogP contribution is 2.24. The Labute approximate surface area is 120 Å². The molecule has 0 saturated heterocycles. The maximum atomic E-state index is 4.42. The lowest BCUT2D eigenvalue weighted by atomic mass is 10.0. The number of aryl methyl sites for hydroxylation is 3. The van der Waals surface area contributed by atoms with Crippen LogP contribution in [0, 0.1) is 6.92 Å². The quantitative estimate of drug-likeness (QED) is 0.877. The third-order valence-electron chi connectivity index (χ3n) is 3.44. The Hall–Kier alpha value is -1.75. The van der Waals surface area contributed by atoms with E-state index in [1.54, 1.807) is 0 Å². The van der Waals surface area contributed by atoms with Crippen LogP contribution in [0.4, 0.5) is 0 Å². The molecular formula is C15H23N5. The van der Waals surface area contributed by atoms with Gasteiger partial charge in [0.05, 0.1) is 23.1 Å². The van der Waals surface area contributed by atoms with Crippen LogP contribution in [0.1, 0.15) is 49.0 Å². The summed E-state index contributed by atoms with van der Waals surface area (Å²) in [5, 5.41) is 16.3. The lowest BCUT2D eigenvalue weighted by Crippen LogP contribution is -2.23. The molecule has 0 aliphatic rings. The normalized spacial score (nSPS) is 12.6. The molecule has 0 aliphatic carbocycles. The number of aromatic nitrogens is 4. The van der Waals surface area contributed by atoms with Gasteiger partial charge in [0.2, 0.25) is 0 Å². The van der Waals surface area contributed by atoms with E-state index >= 15 is 0 Å². The molecule has 1 atom stereocenters. The SMILES string of the molecule is CCCn1nccc1C(NC)c1cc(C)nnc1CC. The van der Waals surface area contributed by atoms with Crippen molar-refractivity contribution in [2.24, 2.45) is 0 Å². The standard InChI is InChI=1S/C15H23N5/c1-5-9-20-14(7-8-17-20)15(16-4)12-10-11(3)18-19-13(12)6-2/h7-8,10,15-16H,5-6,9H2,1-4H3. The molecule has 0 saturated carbocycles. The van der Waals surface area contributed by atoms with Crippen molar-refractivity contribution in [3.05, 3.63) is 41.0 Å². The first-order valence-corrected chi connectivity index (χ1v) is 7.23. The fourth-order valence-corrected chi connectivity index (χ4v) is 2.51. The minimum atomic E-state index is 0.105. The van der Waals surface area contributed by atoms with Crippen LogP contribution < -0.4 is 5.32 Å². The summed E-state index contributed by atoms with van der Waals surface area (Å²) in [5.74, 6) is 0. The third kappa shape index (κ3) is 2.88. The summed E-state index contributed by atoms with van der Waals surface area (Å²) in [6, 6.07) is 4.30. The molecule has 2 heterocycles. The first-order chi connectivity index (χ1) is 9.71.